The van der Waals surface area contributed by atoms with Crippen molar-refractivity contribution in [1.29, 1.82) is 0 Å². The number of hydrogen-bond donors (Lipinski definition) is 2. The number of nitrogens with one attached hydrogen (secondary N) is 1. The summed E-state index contributed by atoms with van der Waals surface area (Å²) in [6, 6.07) is 16.0. The molecule has 0 atom stereocenters. The molecule has 7 heteroatoms. The van der Waals surface area contributed by atoms with Crippen LogP contribution in [0.25, 0.3) is 11.1 Å². The van der Waals surface area contributed by atoms with Crippen LogP contribution in [-0.2, 0) is 13.0 Å². The number of carbonyl (C=O) groups excluding carboxylic acids is 1. The molecule has 6 nitrogen and oxygen atoms in total. The Labute approximate surface area is 173 Å². The first-order valence-electron chi connectivity index (χ1n) is 9.27. The zero-order valence-corrected chi connectivity index (χ0v) is 16.8. The predicted molar refractivity (Wildman–Crippen MR) is 117 cm³/mol. The van der Waals surface area contributed by atoms with Gasteiger partial charge in [0.05, 0.1) is 17.6 Å². The largest absolute Gasteiger partial charge is 0.397 e. The number of nitrogen functional groups attached to an aromatic ring is 1. The van der Waals surface area contributed by atoms with Crippen molar-refractivity contribution in [1.82, 2.24) is 15.0 Å². The van der Waals surface area contributed by atoms with Crippen molar-refractivity contribution in [2.75, 3.05) is 11.1 Å². The second-order valence-electron chi connectivity index (χ2n) is 6.87. The van der Waals surface area contributed by atoms with E-state index in [4.69, 9.17) is 5.73 Å². The summed E-state index contributed by atoms with van der Waals surface area (Å²) in [5.41, 5.74) is 11.9. The highest BCUT2D eigenvalue weighted by Crippen LogP contribution is 2.28. The third-order valence-corrected chi connectivity index (χ3v) is 5.36. The van der Waals surface area contributed by atoms with Gasteiger partial charge in [-0.2, -0.15) is 11.3 Å². The van der Waals surface area contributed by atoms with E-state index in [0.717, 1.165) is 17.5 Å². The maximum Gasteiger partial charge on any atom is 0.277 e. The van der Waals surface area contributed by atoms with Gasteiger partial charge in [-0.3, -0.25) is 9.48 Å². The summed E-state index contributed by atoms with van der Waals surface area (Å²) in [6.45, 7) is 2.72. The molecule has 29 heavy (non-hydrogen) atoms. The van der Waals surface area contributed by atoms with E-state index < -0.39 is 0 Å². The van der Waals surface area contributed by atoms with E-state index in [1.54, 1.807) is 28.3 Å². The molecular weight excluding hydrogens is 382 g/mol. The van der Waals surface area contributed by atoms with Crippen LogP contribution in [0.5, 0.6) is 0 Å². The lowest BCUT2D eigenvalue weighted by atomic mass is 10.1. The lowest BCUT2D eigenvalue weighted by Gasteiger charge is -2.09. The molecule has 0 radical (unpaired) electrons. The van der Waals surface area contributed by atoms with Gasteiger partial charge in [-0.25, -0.2) is 0 Å². The van der Waals surface area contributed by atoms with E-state index in [-0.39, 0.29) is 11.6 Å². The van der Waals surface area contributed by atoms with E-state index in [0.29, 0.717) is 17.9 Å². The number of hydrogen-bond acceptors (Lipinski definition) is 5. The molecule has 2 heterocycles. The summed E-state index contributed by atoms with van der Waals surface area (Å²) in [6.07, 6.45) is 2.47. The Kier molecular flexibility index (Phi) is 5.39. The number of nitrogens with two attached hydrogens (primary N) is 1. The third-order valence-electron chi connectivity index (χ3n) is 4.68. The predicted octanol–water partition coefficient (Wildman–Crippen LogP) is 4.39. The van der Waals surface area contributed by atoms with Gasteiger partial charge in [0.25, 0.3) is 5.91 Å². The van der Waals surface area contributed by atoms with Gasteiger partial charge in [0.15, 0.2) is 5.69 Å². The monoisotopic (exact) mass is 403 g/mol. The Hall–Kier alpha value is -3.45. The number of carbonyl (C=O) groups is 1. The molecule has 2 aromatic carbocycles. The maximum atomic E-state index is 12.6. The molecule has 4 rings (SSSR count). The third kappa shape index (κ3) is 4.52. The molecule has 146 valence electrons. The number of amides is 1. The van der Waals surface area contributed by atoms with Crippen molar-refractivity contribution in [3.8, 4) is 11.1 Å². The summed E-state index contributed by atoms with van der Waals surface area (Å²) < 4.78 is 1.68. The smallest absolute Gasteiger partial charge is 0.277 e. The van der Waals surface area contributed by atoms with Gasteiger partial charge in [-0.1, -0.05) is 41.1 Å². The van der Waals surface area contributed by atoms with Crippen LogP contribution in [-0.4, -0.2) is 20.9 Å². The van der Waals surface area contributed by atoms with E-state index in [1.807, 2.05) is 23.6 Å². The van der Waals surface area contributed by atoms with Gasteiger partial charge in [0.1, 0.15) is 0 Å². The normalized spacial score (nSPS) is 10.8. The zero-order valence-electron chi connectivity index (χ0n) is 16.0. The minimum atomic E-state index is -0.333. The first kappa shape index (κ1) is 18.9. The van der Waals surface area contributed by atoms with Crippen molar-refractivity contribution in [2.24, 2.45) is 0 Å². The van der Waals surface area contributed by atoms with E-state index in [9.17, 15) is 4.79 Å². The fourth-order valence-corrected chi connectivity index (χ4v) is 3.63. The highest BCUT2D eigenvalue weighted by atomic mass is 32.1. The quantitative estimate of drug-likeness (QED) is 0.468. The number of benzene rings is 2. The van der Waals surface area contributed by atoms with Crippen LogP contribution < -0.4 is 11.1 Å². The number of aromatic nitrogens is 3. The first-order valence-corrected chi connectivity index (χ1v) is 10.2. The Balaban J connectivity index is 1.43. The average molecular weight is 404 g/mol. The van der Waals surface area contributed by atoms with Crippen molar-refractivity contribution in [2.45, 2.75) is 19.9 Å². The van der Waals surface area contributed by atoms with Crippen LogP contribution in [0.4, 0.5) is 11.4 Å². The summed E-state index contributed by atoms with van der Waals surface area (Å²) in [4.78, 5) is 12.6. The highest BCUT2D eigenvalue weighted by molar-refractivity contribution is 7.08. The minimum Gasteiger partial charge on any atom is -0.397 e. The molecule has 0 saturated heterocycles. The van der Waals surface area contributed by atoms with E-state index in [1.165, 1.54) is 11.1 Å². The summed E-state index contributed by atoms with van der Waals surface area (Å²) in [5.74, 6) is -0.333. The molecule has 3 N–H and O–H groups in total. The molecule has 1 amide bonds. The van der Waals surface area contributed by atoms with Gasteiger partial charge < -0.3 is 11.1 Å². The van der Waals surface area contributed by atoms with Crippen molar-refractivity contribution in [3.05, 3.63) is 82.3 Å². The molecule has 0 spiro atoms. The van der Waals surface area contributed by atoms with Crippen molar-refractivity contribution < 1.29 is 4.79 Å². The van der Waals surface area contributed by atoms with Gasteiger partial charge in [0, 0.05) is 6.54 Å². The fourth-order valence-electron chi connectivity index (χ4n) is 2.97. The lowest BCUT2D eigenvalue weighted by molar-refractivity contribution is 0.102. The fraction of sp³-hybridized carbons (Fsp3) is 0.136. The molecule has 0 saturated carbocycles. The molecule has 4 aromatic rings. The highest BCUT2D eigenvalue weighted by Gasteiger charge is 2.13. The summed E-state index contributed by atoms with van der Waals surface area (Å²) in [5, 5.41) is 15.0. The summed E-state index contributed by atoms with van der Waals surface area (Å²) >= 11 is 1.62. The second kappa shape index (κ2) is 8.28. The van der Waals surface area contributed by atoms with Gasteiger partial charge in [-0.15, -0.1) is 5.10 Å². The van der Waals surface area contributed by atoms with Crippen LogP contribution in [0.3, 0.4) is 0 Å². The van der Waals surface area contributed by atoms with Crippen LogP contribution in [0.2, 0.25) is 0 Å². The Morgan fingerprint density at radius 2 is 1.97 bits per heavy atom. The molecule has 0 fully saturated rings. The number of aryl methyl sites for hydroxylation is 3. The average Bonchev–Trinajstić information content (AvgIpc) is 3.41. The molecule has 0 aliphatic heterocycles. The summed E-state index contributed by atoms with van der Waals surface area (Å²) in [7, 11) is 0. The molecule has 0 unspecified atom stereocenters. The zero-order chi connectivity index (χ0) is 20.2. The topological polar surface area (TPSA) is 85.8 Å². The standard InChI is InChI=1S/C22H21N5OS/c1-15-2-4-16(5-3-15)8-10-27-13-21(25-26-27)22(28)24-20-12-17(6-7-19(20)23)18-9-11-29-14-18/h2-7,9,11-14H,8,10,23H2,1H3,(H,24,28). The van der Waals surface area contributed by atoms with Crippen LogP contribution >= 0.6 is 11.3 Å². The Morgan fingerprint density at radius 3 is 2.72 bits per heavy atom. The molecule has 2 aromatic heterocycles. The first-order chi connectivity index (χ1) is 14.1. The van der Waals surface area contributed by atoms with E-state index in [2.05, 4.69) is 52.2 Å². The van der Waals surface area contributed by atoms with Crippen LogP contribution in [0.15, 0.2) is 65.5 Å². The molecule has 0 bridgehead atoms. The lowest BCUT2D eigenvalue weighted by Crippen LogP contribution is -2.13. The number of rotatable bonds is 6. The maximum absolute atomic E-state index is 12.6. The minimum absolute atomic E-state index is 0.259. The van der Waals surface area contributed by atoms with Crippen LogP contribution in [0, 0.1) is 6.92 Å². The number of thiophene rings is 1. The number of nitrogens with zero attached hydrogens (tertiary/aromatic N) is 3. The SMILES string of the molecule is Cc1ccc(CCn2cc(C(=O)Nc3cc(-c4ccsc4)ccc3N)nn2)cc1. The Morgan fingerprint density at radius 1 is 1.14 bits per heavy atom. The molecule has 0 aliphatic carbocycles. The van der Waals surface area contributed by atoms with Crippen LogP contribution in [0.1, 0.15) is 21.6 Å². The Bertz CT molecular complexity index is 1120. The van der Waals surface area contributed by atoms with E-state index >= 15 is 0 Å². The number of anilines is 2. The van der Waals surface area contributed by atoms with Crippen molar-refractivity contribution in [3.63, 3.8) is 0 Å². The molecule has 0 aliphatic rings. The molecular formula is C22H21N5OS. The van der Waals surface area contributed by atoms with Gasteiger partial charge >= 0.3 is 0 Å². The van der Waals surface area contributed by atoms with Gasteiger partial charge in [0.2, 0.25) is 0 Å². The van der Waals surface area contributed by atoms with Crippen molar-refractivity contribution >= 4 is 28.6 Å². The van der Waals surface area contributed by atoms with Gasteiger partial charge in [-0.05, 0) is 59.0 Å². The second-order valence-corrected chi connectivity index (χ2v) is 7.65.